The molecule has 0 spiro atoms. The smallest absolute Gasteiger partial charge is 0.307 e. The number of ether oxygens (including phenoxy) is 1. The lowest BCUT2D eigenvalue weighted by molar-refractivity contribution is -0.135. The van der Waals surface area contributed by atoms with Crippen molar-refractivity contribution < 1.29 is 13.6 Å². The Labute approximate surface area is 61.1 Å². The summed E-state index contributed by atoms with van der Waals surface area (Å²) in [6, 6.07) is 0. The molecule has 0 aromatic carbocycles. The molecule has 0 amide bonds. The Bertz CT molecular complexity index is 83.9. The van der Waals surface area contributed by atoms with Crippen LogP contribution in [0.2, 0.25) is 0 Å². The number of rotatable bonds is 1. The first-order valence-electron chi connectivity index (χ1n) is 2.37. The van der Waals surface area contributed by atoms with Crippen LogP contribution in [-0.2, 0) is 13.6 Å². The average molecular weight is 164 g/mol. The maximum absolute atomic E-state index is 9.75. The van der Waals surface area contributed by atoms with Crippen molar-refractivity contribution in [2.45, 2.75) is 6.92 Å². The molecule has 0 rings (SSSR count). The molecule has 0 unspecified atom stereocenters. The third kappa shape index (κ3) is 35.2. The highest BCUT2D eigenvalue weighted by molar-refractivity contribution is 6.15. The summed E-state index contributed by atoms with van der Waals surface area (Å²) in [4.78, 5) is 9.75. The van der Waals surface area contributed by atoms with Crippen LogP contribution in [-0.4, -0.2) is 26.9 Å². The van der Waals surface area contributed by atoms with Crippen molar-refractivity contribution >= 4 is 26.9 Å². The van der Waals surface area contributed by atoms with E-state index >= 15 is 0 Å². The molecule has 0 saturated carbocycles. The third-order valence-corrected chi connectivity index (χ3v) is 0.249. The van der Waals surface area contributed by atoms with Gasteiger partial charge in [0.05, 0.1) is 6.26 Å². The highest BCUT2D eigenvalue weighted by Gasteiger charge is 1.79. The van der Waals surface area contributed by atoms with Crippen molar-refractivity contribution in [1.82, 2.24) is 0 Å². The number of esters is 1. The van der Waals surface area contributed by atoms with Crippen LogP contribution in [0.3, 0.4) is 0 Å². The van der Waals surface area contributed by atoms with E-state index in [9.17, 15) is 4.79 Å². The molecule has 54 valence electrons. The SMILES string of the molecule is C=COC(C)=O.[SiH3]O[SiH3]. The summed E-state index contributed by atoms with van der Waals surface area (Å²) in [5, 5.41) is 0. The number of carbonyl (C=O) groups excluding carboxylic acids is 1. The molecule has 0 atom stereocenters. The van der Waals surface area contributed by atoms with Crippen LogP contribution in [0.1, 0.15) is 6.92 Å². The van der Waals surface area contributed by atoms with Crippen LogP contribution in [0.15, 0.2) is 12.8 Å². The van der Waals surface area contributed by atoms with Gasteiger partial charge in [0.25, 0.3) is 0 Å². The normalized spacial score (nSPS) is 7.22. The zero-order valence-corrected chi connectivity index (χ0v) is 10.0. The van der Waals surface area contributed by atoms with Gasteiger partial charge in [-0.25, -0.2) is 0 Å². The Morgan fingerprint density at radius 1 is 1.67 bits per heavy atom. The molecule has 3 nitrogen and oxygen atoms in total. The molecule has 0 fully saturated rings. The van der Waals surface area contributed by atoms with Crippen LogP contribution in [0.25, 0.3) is 0 Å². The van der Waals surface area contributed by atoms with E-state index in [0.717, 1.165) is 27.2 Å². The maximum Gasteiger partial charge on any atom is 0.307 e. The minimum atomic E-state index is -0.329. The molecular formula is C4H12O3Si2. The topological polar surface area (TPSA) is 35.5 Å². The van der Waals surface area contributed by atoms with E-state index in [1.54, 1.807) is 0 Å². The van der Waals surface area contributed by atoms with Crippen LogP contribution in [0.5, 0.6) is 0 Å². The van der Waals surface area contributed by atoms with Gasteiger partial charge >= 0.3 is 5.97 Å². The quantitative estimate of drug-likeness (QED) is 0.262. The molecule has 0 N–H and O–H groups in total. The first-order valence-corrected chi connectivity index (χ1v) is 4.00. The van der Waals surface area contributed by atoms with Crippen LogP contribution in [0, 0.1) is 0 Å². The van der Waals surface area contributed by atoms with E-state index < -0.39 is 0 Å². The van der Waals surface area contributed by atoms with Crippen molar-refractivity contribution in [2.24, 2.45) is 0 Å². The summed E-state index contributed by atoms with van der Waals surface area (Å²) < 4.78 is 8.69. The number of hydrogen-bond acceptors (Lipinski definition) is 3. The molecule has 0 aromatic heterocycles. The van der Waals surface area contributed by atoms with E-state index in [1.807, 2.05) is 0 Å². The largest absolute Gasteiger partial charge is 0.471 e. The summed E-state index contributed by atoms with van der Waals surface area (Å²) in [6.07, 6.45) is 1.10. The lowest BCUT2D eigenvalue weighted by atomic mass is 10.8. The molecule has 0 saturated heterocycles. The minimum Gasteiger partial charge on any atom is -0.471 e. The van der Waals surface area contributed by atoms with Gasteiger partial charge in [0.2, 0.25) is 0 Å². The van der Waals surface area contributed by atoms with Crippen molar-refractivity contribution in [3.8, 4) is 0 Å². The Morgan fingerprint density at radius 3 is 2.00 bits per heavy atom. The van der Waals surface area contributed by atoms with Crippen LogP contribution >= 0.6 is 0 Å². The predicted octanol–water partition coefficient (Wildman–Crippen LogP) is -1.74. The lowest BCUT2D eigenvalue weighted by Gasteiger charge is -1.83. The van der Waals surface area contributed by atoms with E-state index in [4.69, 9.17) is 0 Å². The summed E-state index contributed by atoms with van der Waals surface area (Å²) in [5.41, 5.74) is 0. The predicted molar refractivity (Wildman–Crippen MR) is 42.9 cm³/mol. The molecule has 0 radical (unpaired) electrons. The van der Waals surface area contributed by atoms with Gasteiger partial charge in [-0.2, -0.15) is 0 Å². The Hall–Kier alpha value is -0.396. The fraction of sp³-hybridized carbons (Fsp3) is 0.250. The van der Waals surface area contributed by atoms with E-state index in [-0.39, 0.29) is 5.97 Å². The van der Waals surface area contributed by atoms with E-state index in [0.29, 0.717) is 0 Å². The lowest BCUT2D eigenvalue weighted by Crippen LogP contribution is -1.87. The molecule has 0 aliphatic carbocycles. The second-order valence-electron chi connectivity index (χ2n) is 1.18. The van der Waals surface area contributed by atoms with Gasteiger partial charge < -0.3 is 8.85 Å². The second-order valence-corrected chi connectivity index (χ2v) is 4.45. The fourth-order valence-electron chi connectivity index (χ4n) is 0.117. The molecule has 0 aromatic rings. The number of hydrogen-bond donors (Lipinski definition) is 0. The van der Waals surface area contributed by atoms with Crippen LogP contribution in [0.4, 0.5) is 0 Å². The first-order chi connectivity index (χ1) is 4.18. The highest BCUT2D eigenvalue weighted by Crippen LogP contribution is 1.70. The van der Waals surface area contributed by atoms with E-state index in [1.165, 1.54) is 6.92 Å². The Kier molecular flexibility index (Phi) is 13.4. The fourth-order valence-corrected chi connectivity index (χ4v) is 0.117. The molecule has 5 heteroatoms. The van der Waals surface area contributed by atoms with Gasteiger partial charge in [0.1, 0.15) is 21.0 Å². The molecule has 0 heterocycles. The summed E-state index contributed by atoms with van der Waals surface area (Å²) in [5.74, 6) is -0.329. The Balaban J connectivity index is 0. The van der Waals surface area contributed by atoms with Crippen molar-refractivity contribution in [1.29, 1.82) is 0 Å². The van der Waals surface area contributed by atoms with Gasteiger partial charge in [0.15, 0.2) is 0 Å². The molecular weight excluding hydrogens is 152 g/mol. The maximum atomic E-state index is 9.75. The molecule has 9 heavy (non-hydrogen) atoms. The highest BCUT2D eigenvalue weighted by atomic mass is 28.3. The first kappa shape index (κ1) is 11.4. The van der Waals surface area contributed by atoms with Gasteiger partial charge in [-0.3, -0.25) is 4.79 Å². The zero-order chi connectivity index (χ0) is 7.70. The monoisotopic (exact) mass is 164 g/mol. The molecule has 0 aliphatic rings. The van der Waals surface area contributed by atoms with Gasteiger partial charge in [-0.05, 0) is 0 Å². The third-order valence-electron chi connectivity index (χ3n) is 0.249. The van der Waals surface area contributed by atoms with Gasteiger partial charge in [-0.1, -0.05) is 6.58 Å². The number of carbonyl (C=O) groups is 1. The van der Waals surface area contributed by atoms with Crippen molar-refractivity contribution in [3.05, 3.63) is 12.8 Å². The van der Waals surface area contributed by atoms with Crippen molar-refractivity contribution in [3.63, 3.8) is 0 Å². The Morgan fingerprint density at radius 2 is 2.00 bits per heavy atom. The van der Waals surface area contributed by atoms with Crippen molar-refractivity contribution in [2.75, 3.05) is 0 Å². The summed E-state index contributed by atoms with van der Waals surface area (Å²) in [7, 11) is 1.86. The van der Waals surface area contributed by atoms with Gasteiger partial charge in [0, 0.05) is 6.92 Å². The summed E-state index contributed by atoms with van der Waals surface area (Å²) in [6.45, 7) is 4.48. The second kappa shape index (κ2) is 10.6. The average Bonchev–Trinajstić information content (AvgIpc) is 1.67. The minimum absolute atomic E-state index is 0.329. The summed E-state index contributed by atoms with van der Waals surface area (Å²) >= 11 is 0. The van der Waals surface area contributed by atoms with Gasteiger partial charge in [-0.15, -0.1) is 0 Å². The molecule has 0 bridgehead atoms. The zero-order valence-electron chi connectivity index (χ0n) is 6.01. The molecule has 0 aliphatic heterocycles. The van der Waals surface area contributed by atoms with E-state index in [2.05, 4.69) is 15.4 Å². The van der Waals surface area contributed by atoms with Crippen LogP contribution < -0.4 is 0 Å². The standard InChI is InChI=1S/C4H6O2.H6OSi2/c1-3-6-4(2)5;2-1-3/h3H,1H2,2H3;2-3H3.